The van der Waals surface area contributed by atoms with Crippen molar-refractivity contribution in [2.75, 3.05) is 29.6 Å². The highest BCUT2D eigenvalue weighted by molar-refractivity contribution is 7.98. The van der Waals surface area contributed by atoms with E-state index in [2.05, 4.69) is 15.3 Å². The molecule has 1 fully saturated rings. The average Bonchev–Trinajstić information content (AvgIpc) is 2.83. The van der Waals surface area contributed by atoms with Crippen LogP contribution in [0.15, 0.2) is 47.6 Å². The molecule has 0 bridgehead atoms. The van der Waals surface area contributed by atoms with Crippen LogP contribution in [0.2, 0.25) is 5.02 Å². The number of nitrogens with zero attached hydrogens (tertiary/aromatic N) is 3. The molecule has 1 saturated heterocycles. The lowest BCUT2D eigenvalue weighted by molar-refractivity contribution is 0.399. The number of thioether (sulfide) groups is 1. The average molecular weight is 523 g/mol. The van der Waals surface area contributed by atoms with E-state index in [9.17, 15) is 22.0 Å². The monoisotopic (exact) mass is 522 g/mol. The van der Waals surface area contributed by atoms with Gasteiger partial charge in [-0.1, -0.05) is 29.8 Å². The second-order valence-corrected chi connectivity index (χ2v) is 9.16. The van der Waals surface area contributed by atoms with Crippen LogP contribution < -0.4 is 10.2 Å². The van der Waals surface area contributed by atoms with Crippen LogP contribution in [0, 0.1) is 29.1 Å². The lowest BCUT2D eigenvalue weighted by Gasteiger charge is -2.41. The van der Waals surface area contributed by atoms with Crippen molar-refractivity contribution in [3.8, 4) is 11.1 Å². The fourth-order valence-electron chi connectivity index (χ4n) is 4.08. The van der Waals surface area contributed by atoms with Crippen molar-refractivity contribution in [2.24, 2.45) is 0 Å². The van der Waals surface area contributed by atoms with Gasteiger partial charge in [-0.3, -0.25) is 0 Å². The van der Waals surface area contributed by atoms with E-state index in [1.165, 1.54) is 18.6 Å². The second-order valence-electron chi connectivity index (χ2n) is 7.94. The number of benzene rings is 3. The van der Waals surface area contributed by atoms with Crippen molar-refractivity contribution in [3.05, 3.63) is 76.8 Å². The van der Waals surface area contributed by atoms with Crippen molar-refractivity contribution < 1.29 is 22.0 Å². The second kappa shape index (κ2) is 9.16. The number of anilines is 2. The maximum Gasteiger partial charge on any atom is 0.199 e. The van der Waals surface area contributed by atoms with E-state index in [4.69, 9.17) is 11.6 Å². The van der Waals surface area contributed by atoms with E-state index in [1.54, 1.807) is 30.3 Å². The van der Waals surface area contributed by atoms with Crippen molar-refractivity contribution in [1.82, 2.24) is 9.97 Å². The molecule has 0 radical (unpaired) electrons. The van der Waals surface area contributed by atoms with Gasteiger partial charge in [0.1, 0.15) is 18.0 Å². The molecule has 1 N–H and O–H groups in total. The molecular weight excluding hydrogens is 507 g/mol. The number of nitrogens with one attached hydrogen (secondary N) is 1. The Morgan fingerprint density at radius 3 is 2.37 bits per heavy atom. The molecule has 0 amide bonds. The summed E-state index contributed by atoms with van der Waals surface area (Å²) in [6.45, 7) is 0.652. The molecule has 4 aromatic rings. The summed E-state index contributed by atoms with van der Waals surface area (Å²) >= 11 is 7.26. The zero-order chi connectivity index (χ0) is 24.9. The molecule has 0 atom stereocenters. The highest BCUT2D eigenvalue weighted by atomic mass is 35.5. The Morgan fingerprint density at radius 2 is 1.66 bits per heavy atom. The van der Waals surface area contributed by atoms with Crippen LogP contribution in [0.25, 0.3) is 22.0 Å². The zero-order valence-electron chi connectivity index (χ0n) is 18.1. The standard InChI is InChI=1S/C24H16ClF5N4S/c1-35-23-21(30)19(28)18(27)20(29)22(23)33-11-8-34(9-11)24-14-6-15(25)13(7-17(14)31-10-32-24)12-4-2-3-5-16(12)26/h2-7,10-11,33H,8-9H2,1H3. The van der Waals surface area contributed by atoms with E-state index >= 15 is 0 Å². The SMILES string of the molecule is CSc1c(F)c(F)c(F)c(F)c1NC1CN(c2ncnc3cc(-c4ccccc4F)c(Cl)cc23)C1. The highest BCUT2D eigenvalue weighted by Crippen LogP contribution is 2.38. The molecule has 1 aromatic heterocycles. The van der Waals surface area contributed by atoms with Gasteiger partial charge in [-0.05, 0) is 24.5 Å². The molecular formula is C24H16ClF5N4S. The first-order valence-corrected chi connectivity index (χ1v) is 12.0. The van der Waals surface area contributed by atoms with Gasteiger partial charge < -0.3 is 10.2 Å². The summed E-state index contributed by atoms with van der Waals surface area (Å²) < 4.78 is 70.1. The number of hydrogen-bond acceptors (Lipinski definition) is 5. The summed E-state index contributed by atoms with van der Waals surface area (Å²) in [7, 11) is 0. The van der Waals surface area contributed by atoms with Crippen LogP contribution in [-0.4, -0.2) is 35.4 Å². The smallest absolute Gasteiger partial charge is 0.199 e. The summed E-state index contributed by atoms with van der Waals surface area (Å²) in [4.78, 5) is 10.1. The fourth-order valence-corrected chi connectivity index (χ4v) is 4.97. The normalized spacial score (nSPS) is 13.9. The quantitative estimate of drug-likeness (QED) is 0.137. The molecule has 1 aliphatic heterocycles. The summed E-state index contributed by atoms with van der Waals surface area (Å²) in [5, 5.41) is 3.72. The Morgan fingerprint density at radius 1 is 0.943 bits per heavy atom. The van der Waals surface area contributed by atoms with Crippen LogP contribution in [0.3, 0.4) is 0 Å². The molecule has 0 unspecified atom stereocenters. The first-order chi connectivity index (χ1) is 16.8. The predicted molar refractivity (Wildman–Crippen MR) is 128 cm³/mol. The van der Waals surface area contributed by atoms with Crippen LogP contribution in [0.4, 0.5) is 33.5 Å². The van der Waals surface area contributed by atoms with Crippen molar-refractivity contribution in [3.63, 3.8) is 0 Å². The molecule has 11 heteroatoms. The minimum Gasteiger partial charge on any atom is -0.375 e. The number of aromatic nitrogens is 2. The summed E-state index contributed by atoms with van der Waals surface area (Å²) in [6, 6.07) is 9.23. The van der Waals surface area contributed by atoms with E-state index in [0.717, 1.165) is 11.8 Å². The zero-order valence-corrected chi connectivity index (χ0v) is 19.6. The third-order valence-corrected chi connectivity index (χ3v) is 6.93. The van der Waals surface area contributed by atoms with Gasteiger partial charge in [-0.25, -0.2) is 31.9 Å². The Hall–Kier alpha value is -3.11. The van der Waals surface area contributed by atoms with Crippen LogP contribution in [0.5, 0.6) is 0 Å². The van der Waals surface area contributed by atoms with Crippen molar-refractivity contribution in [2.45, 2.75) is 10.9 Å². The third kappa shape index (κ3) is 4.04. The molecule has 0 saturated carbocycles. The molecule has 180 valence electrons. The number of rotatable bonds is 5. The summed E-state index contributed by atoms with van der Waals surface area (Å²) in [6.07, 6.45) is 2.81. The topological polar surface area (TPSA) is 41.0 Å². The maximum atomic E-state index is 14.4. The van der Waals surface area contributed by atoms with E-state index in [-0.39, 0.29) is 10.9 Å². The molecule has 1 aliphatic rings. The van der Waals surface area contributed by atoms with Gasteiger partial charge in [-0.15, -0.1) is 11.8 Å². The first kappa shape index (κ1) is 23.6. The highest BCUT2D eigenvalue weighted by Gasteiger charge is 2.33. The molecule has 35 heavy (non-hydrogen) atoms. The first-order valence-electron chi connectivity index (χ1n) is 10.4. The molecule has 5 rings (SSSR count). The Balaban J connectivity index is 1.42. The van der Waals surface area contributed by atoms with Gasteiger partial charge in [-0.2, -0.15) is 0 Å². The van der Waals surface area contributed by atoms with Crippen LogP contribution in [-0.2, 0) is 0 Å². The summed E-state index contributed by atoms with van der Waals surface area (Å²) in [5.41, 5.74) is 0.972. The molecule has 0 spiro atoms. The number of hydrogen-bond donors (Lipinski definition) is 1. The maximum absolute atomic E-state index is 14.4. The van der Waals surface area contributed by atoms with Crippen LogP contribution >= 0.6 is 23.4 Å². The van der Waals surface area contributed by atoms with Gasteiger partial charge in [0.15, 0.2) is 23.3 Å². The van der Waals surface area contributed by atoms with Crippen LogP contribution in [0.1, 0.15) is 0 Å². The Labute approximate surface area is 206 Å². The predicted octanol–water partition coefficient (Wildman–Crippen LogP) is 6.67. The lowest BCUT2D eigenvalue weighted by atomic mass is 10.0. The Bertz CT molecular complexity index is 1460. The Kier molecular flexibility index (Phi) is 6.18. The molecule has 4 nitrogen and oxygen atoms in total. The van der Waals surface area contributed by atoms with Crippen molar-refractivity contribution >= 4 is 45.8 Å². The van der Waals surface area contributed by atoms with Gasteiger partial charge in [0.05, 0.1) is 22.1 Å². The summed E-state index contributed by atoms with van der Waals surface area (Å²) in [5.74, 6) is -6.46. The van der Waals surface area contributed by atoms with Gasteiger partial charge in [0.2, 0.25) is 0 Å². The molecule has 3 aromatic carbocycles. The lowest BCUT2D eigenvalue weighted by Crippen LogP contribution is -2.55. The van der Waals surface area contributed by atoms with E-state index in [1.807, 2.05) is 4.90 Å². The van der Waals surface area contributed by atoms with Crippen molar-refractivity contribution in [1.29, 1.82) is 0 Å². The molecule has 2 heterocycles. The minimum absolute atomic E-state index is 0.317. The number of halogens is 6. The van der Waals surface area contributed by atoms with Gasteiger partial charge in [0.25, 0.3) is 0 Å². The van der Waals surface area contributed by atoms with E-state index in [0.29, 0.717) is 46.0 Å². The largest absolute Gasteiger partial charge is 0.375 e. The number of fused-ring (bicyclic) bond motifs is 1. The molecule has 0 aliphatic carbocycles. The van der Waals surface area contributed by atoms with E-state index < -0.39 is 34.8 Å². The fraction of sp³-hybridized carbons (Fsp3) is 0.167. The van der Waals surface area contributed by atoms with Gasteiger partial charge in [0, 0.05) is 34.6 Å². The minimum atomic E-state index is -1.86. The van der Waals surface area contributed by atoms with Gasteiger partial charge >= 0.3 is 0 Å². The third-order valence-electron chi connectivity index (χ3n) is 5.82.